The van der Waals surface area contributed by atoms with Crippen molar-refractivity contribution in [2.24, 2.45) is 0 Å². The highest BCUT2D eigenvalue weighted by atomic mass is 16.5. The first-order chi connectivity index (χ1) is 9.13. The minimum Gasteiger partial charge on any atom is -0.481 e. The molecule has 0 fully saturated rings. The maximum atomic E-state index is 11.4. The summed E-state index contributed by atoms with van der Waals surface area (Å²) >= 11 is 0. The van der Waals surface area contributed by atoms with Gasteiger partial charge in [0.05, 0.1) is 11.6 Å². The second kappa shape index (κ2) is 5.55. The maximum absolute atomic E-state index is 11.4. The van der Waals surface area contributed by atoms with E-state index in [0.717, 1.165) is 12.0 Å². The van der Waals surface area contributed by atoms with Crippen LogP contribution in [0.1, 0.15) is 30.0 Å². The first-order valence-electron chi connectivity index (χ1n) is 5.98. The molecule has 7 nitrogen and oxygen atoms in total. The van der Waals surface area contributed by atoms with E-state index in [4.69, 9.17) is 9.84 Å². The van der Waals surface area contributed by atoms with Crippen molar-refractivity contribution in [2.45, 2.75) is 25.2 Å². The highest BCUT2D eigenvalue weighted by molar-refractivity contribution is 5.85. The molecule has 1 aromatic heterocycles. The molecule has 1 atom stereocenters. The number of aromatic nitrogens is 2. The Morgan fingerprint density at radius 1 is 1.63 bits per heavy atom. The quantitative estimate of drug-likeness (QED) is 0.718. The molecule has 1 amide bonds. The minimum absolute atomic E-state index is 0.107. The van der Waals surface area contributed by atoms with Gasteiger partial charge in [-0.25, -0.2) is 4.79 Å². The third-order valence-corrected chi connectivity index (χ3v) is 3.02. The summed E-state index contributed by atoms with van der Waals surface area (Å²) in [7, 11) is 0. The summed E-state index contributed by atoms with van der Waals surface area (Å²) in [5.74, 6) is -1.13. The predicted molar refractivity (Wildman–Crippen MR) is 67.1 cm³/mol. The molecule has 1 aliphatic carbocycles. The van der Waals surface area contributed by atoms with E-state index in [9.17, 15) is 9.59 Å². The maximum Gasteiger partial charge on any atom is 0.413 e. The highest BCUT2D eigenvalue weighted by Crippen LogP contribution is 2.33. The first kappa shape index (κ1) is 13.1. The standard InChI is InChI=1S/C12H15N3O4/c1-2-6-19-12(18)13-10-7-4-3-5-8(11(16)17)9(7)14-15-10/h2,8H,1,3-6H2,(H,16,17)(H2,13,14,15,18). The van der Waals surface area contributed by atoms with Crippen LogP contribution in [0.3, 0.4) is 0 Å². The van der Waals surface area contributed by atoms with Gasteiger partial charge in [-0.05, 0) is 19.3 Å². The van der Waals surface area contributed by atoms with Crippen LogP contribution >= 0.6 is 0 Å². The van der Waals surface area contributed by atoms with Gasteiger partial charge in [0.25, 0.3) is 0 Å². The molecule has 0 radical (unpaired) electrons. The van der Waals surface area contributed by atoms with Crippen LogP contribution in [-0.4, -0.2) is 34.0 Å². The molecule has 102 valence electrons. The van der Waals surface area contributed by atoms with Crippen LogP contribution in [-0.2, 0) is 16.0 Å². The fourth-order valence-corrected chi connectivity index (χ4v) is 2.16. The third-order valence-electron chi connectivity index (χ3n) is 3.02. The van der Waals surface area contributed by atoms with Crippen LogP contribution < -0.4 is 5.32 Å². The SMILES string of the molecule is C=CCOC(=O)Nc1n[nH]c2c1CCCC2C(=O)O. The zero-order chi connectivity index (χ0) is 13.8. The van der Waals surface area contributed by atoms with Crippen molar-refractivity contribution in [1.82, 2.24) is 10.2 Å². The third kappa shape index (κ3) is 2.75. The minimum atomic E-state index is -0.884. The van der Waals surface area contributed by atoms with Gasteiger partial charge in [-0.1, -0.05) is 12.7 Å². The molecule has 0 saturated carbocycles. The Morgan fingerprint density at radius 3 is 3.11 bits per heavy atom. The first-order valence-corrected chi connectivity index (χ1v) is 5.98. The molecule has 19 heavy (non-hydrogen) atoms. The molecule has 1 heterocycles. The Balaban J connectivity index is 2.14. The van der Waals surface area contributed by atoms with Crippen molar-refractivity contribution in [2.75, 3.05) is 11.9 Å². The average molecular weight is 265 g/mol. The van der Waals surface area contributed by atoms with Crippen molar-refractivity contribution < 1.29 is 19.4 Å². The summed E-state index contributed by atoms with van der Waals surface area (Å²) in [5.41, 5.74) is 1.31. The normalized spacial score (nSPS) is 17.4. The molecular formula is C12H15N3O4. The van der Waals surface area contributed by atoms with Crippen molar-refractivity contribution in [3.63, 3.8) is 0 Å². The van der Waals surface area contributed by atoms with Gasteiger partial charge in [0.15, 0.2) is 5.82 Å². The number of nitrogens with zero attached hydrogens (tertiary/aromatic N) is 1. The van der Waals surface area contributed by atoms with Gasteiger partial charge in [-0.15, -0.1) is 0 Å². The Bertz CT molecular complexity index is 509. The van der Waals surface area contributed by atoms with Crippen LogP contribution in [0.15, 0.2) is 12.7 Å². The number of H-pyrrole nitrogens is 1. The highest BCUT2D eigenvalue weighted by Gasteiger charge is 2.30. The van der Waals surface area contributed by atoms with E-state index in [1.807, 2.05) is 0 Å². The number of anilines is 1. The lowest BCUT2D eigenvalue weighted by atomic mass is 9.87. The van der Waals surface area contributed by atoms with E-state index in [1.54, 1.807) is 0 Å². The molecule has 1 unspecified atom stereocenters. The van der Waals surface area contributed by atoms with Gasteiger partial charge in [0.2, 0.25) is 0 Å². The Labute approximate surface area is 109 Å². The molecule has 0 aromatic carbocycles. The number of amides is 1. The number of ether oxygens (including phenoxy) is 1. The molecule has 0 spiro atoms. The summed E-state index contributed by atoms with van der Waals surface area (Å²) in [6, 6.07) is 0. The predicted octanol–water partition coefficient (Wildman–Crippen LogP) is 1.65. The van der Waals surface area contributed by atoms with Crippen molar-refractivity contribution in [3.05, 3.63) is 23.9 Å². The van der Waals surface area contributed by atoms with E-state index < -0.39 is 18.0 Å². The van der Waals surface area contributed by atoms with Crippen molar-refractivity contribution in [3.8, 4) is 0 Å². The largest absolute Gasteiger partial charge is 0.481 e. The number of carbonyl (C=O) groups is 2. The van der Waals surface area contributed by atoms with Gasteiger partial charge in [-0.2, -0.15) is 5.10 Å². The van der Waals surface area contributed by atoms with Gasteiger partial charge in [0, 0.05) is 5.56 Å². The smallest absolute Gasteiger partial charge is 0.413 e. The lowest BCUT2D eigenvalue weighted by Crippen LogP contribution is -2.19. The van der Waals surface area contributed by atoms with E-state index >= 15 is 0 Å². The fourth-order valence-electron chi connectivity index (χ4n) is 2.16. The number of rotatable bonds is 4. The number of aromatic amines is 1. The number of aliphatic carboxylic acids is 1. The van der Waals surface area contributed by atoms with E-state index in [2.05, 4.69) is 22.1 Å². The summed E-state index contributed by atoms with van der Waals surface area (Å²) in [5, 5.41) is 18.3. The number of nitrogens with one attached hydrogen (secondary N) is 2. The van der Waals surface area contributed by atoms with E-state index in [1.165, 1.54) is 6.08 Å². The van der Waals surface area contributed by atoms with Gasteiger partial charge >= 0.3 is 12.1 Å². The number of hydrogen-bond donors (Lipinski definition) is 3. The second-order valence-electron chi connectivity index (χ2n) is 4.26. The Morgan fingerprint density at radius 2 is 2.42 bits per heavy atom. The number of carbonyl (C=O) groups excluding carboxylic acids is 1. The van der Waals surface area contributed by atoms with Gasteiger partial charge < -0.3 is 9.84 Å². The Hall–Kier alpha value is -2.31. The average Bonchev–Trinajstić information content (AvgIpc) is 2.79. The van der Waals surface area contributed by atoms with Gasteiger partial charge in [0.1, 0.15) is 6.61 Å². The number of fused-ring (bicyclic) bond motifs is 1. The van der Waals surface area contributed by atoms with E-state index in [-0.39, 0.29) is 6.61 Å². The topological polar surface area (TPSA) is 104 Å². The zero-order valence-electron chi connectivity index (χ0n) is 10.3. The second-order valence-corrected chi connectivity index (χ2v) is 4.26. The fraction of sp³-hybridized carbons (Fsp3) is 0.417. The molecule has 0 bridgehead atoms. The lowest BCUT2D eigenvalue weighted by Gasteiger charge is -2.18. The molecule has 1 aromatic rings. The van der Waals surface area contributed by atoms with Crippen LogP contribution in [0.4, 0.5) is 10.6 Å². The number of hydrogen-bond acceptors (Lipinski definition) is 4. The summed E-state index contributed by atoms with van der Waals surface area (Å²) < 4.78 is 4.79. The number of carboxylic acids is 1. The summed E-state index contributed by atoms with van der Waals surface area (Å²) in [6.45, 7) is 3.54. The summed E-state index contributed by atoms with van der Waals surface area (Å²) in [6.07, 6.45) is 2.84. The van der Waals surface area contributed by atoms with Gasteiger partial charge in [-0.3, -0.25) is 15.2 Å². The molecule has 3 N–H and O–H groups in total. The van der Waals surface area contributed by atoms with Crippen LogP contribution in [0.5, 0.6) is 0 Å². The van der Waals surface area contributed by atoms with Crippen LogP contribution in [0.2, 0.25) is 0 Å². The number of carboxylic acid groups (broad SMARTS) is 1. The zero-order valence-corrected chi connectivity index (χ0v) is 10.3. The van der Waals surface area contributed by atoms with Crippen molar-refractivity contribution in [1.29, 1.82) is 0 Å². The van der Waals surface area contributed by atoms with E-state index in [0.29, 0.717) is 24.4 Å². The molecular weight excluding hydrogens is 250 g/mol. The monoisotopic (exact) mass is 265 g/mol. The molecule has 1 aliphatic rings. The molecule has 0 aliphatic heterocycles. The van der Waals surface area contributed by atoms with Crippen LogP contribution in [0.25, 0.3) is 0 Å². The molecule has 0 saturated heterocycles. The molecule has 7 heteroatoms. The Kier molecular flexibility index (Phi) is 3.84. The summed E-state index contributed by atoms with van der Waals surface area (Å²) in [4.78, 5) is 22.5. The van der Waals surface area contributed by atoms with Crippen LogP contribution in [0, 0.1) is 0 Å². The lowest BCUT2D eigenvalue weighted by molar-refractivity contribution is -0.139. The van der Waals surface area contributed by atoms with Crippen molar-refractivity contribution >= 4 is 17.9 Å². The molecule has 2 rings (SSSR count).